The molecule has 0 saturated carbocycles. The Balaban J connectivity index is 1.74. The third-order valence-corrected chi connectivity index (χ3v) is 10.0. The molecule has 206 valence electrons. The molecule has 2 nitrogen and oxygen atoms in total. The molecule has 2 heterocycles. The van der Waals surface area contributed by atoms with E-state index in [1.54, 1.807) is 39.8 Å². The first kappa shape index (κ1) is 26.6. The Kier molecular flexibility index (Phi) is 5.47. The summed E-state index contributed by atoms with van der Waals surface area (Å²) in [6.07, 6.45) is 1.98. The molecule has 0 amide bonds. The molecule has 0 bridgehead atoms. The van der Waals surface area contributed by atoms with Crippen LogP contribution in [0.2, 0.25) is 0 Å². The maximum atomic E-state index is 16.4. The quantitative estimate of drug-likeness (QED) is 0.203. The van der Waals surface area contributed by atoms with Crippen molar-refractivity contribution in [2.45, 2.75) is 65.2 Å². The highest BCUT2D eigenvalue weighted by atomic mass is 19.3. The second-order valence-electron chi connectivity index (χ2n) is 12.9. The number of benzene rings is 3. The number of alkyl halides is 2. The second-order valence-corrected chi connectivity index (χ2v) is 12.9. The molecule has 0 spiro atoms. The molecule has 0 unspecified atom stereocenters. The number of fused-ring (bicyclic) bond motifs is 4. The molecule has 3 aromatic carbocycles. The number of aromatic nitrogens is 1. The van der Waals surface area contributed by atoms with Crippen molar-refractivity contribution in [2.75, 3.05) is 0 Å². The van der Waals surface area contributed by atoms with Gasteiger partial charge in [0.05, 0.1) is 16.5 Å². The van der Waals surface area contributed by atoms with E-state index in [4.69, 9.17) is 4.42 Å². The molecule has 0 fully saturated rings. The van der Waals surface area contributed by atoms with Gasteiger partial charge in [0.15, 0.2) is 6.20 Å². The summed E-state index contributed by atoms with van der Waals surface area (Å²) in [6.45, 7) is 12.2. The molecule has 6 rings (SSSR count). The van der Waals surface area contributed by atoms with Gasteiger partial charge in [-0.15, -0.1) is 0 Å². The standard InChI is InChI=1S/C35H35F3NO/c1-20-15-16-21-22-17-18-25(36)28(31(22)40-30(21)27(20)26-14-9-10-19-39(26)8)23-12-11-13-24-29(23)33(4,5)35(37,38)34(6,7)32(24,2)3/h9-19H,1-8H3/q+1. The van der Waals surface area contributed by atoms with Crippen LogP contribution in [0.1, 0.15) is 58.2 Å². The fourth-order valence-corrected chi connectivity index (χ4v) is 6.95. The van der Waals surface area contributed by atoms with E-state index >= 15 is 13.2 Å². The Morgan fingerprint density at radius 2 is 1.38 bits per heavy atom. The highest BCUT2D eigenvalue weighted by Gasteiger charge is 2.68. The van der Waals surface area contributed by atoms with Gasteiger partial charge in [0.2, 0.25) is 5.69 Å². The zero-order chi connectivity index (χ0) is 29.0. The molecule has 5 heteroatoms. The van der Waals surface area contributed by atoms with E-state index < -0.39 is 28.0 Å². The van der Waals surface area contributed by atoms with Gasteiger partial charge < -0.3 is 4.42 Å². The van der Waals surface area contributed by atoms with Crippen LogP contribution in [0.3, 0.4) is 0 Å². The fraction of sp³-hybridized carbons (Fsp3) is 0.343. The summed E-state index contributed by atoms with van der Waals surface area (Å²) in [4.78, 5) is 0. The largest absolute Gasteiger partial charge is 0.454 e. The van der Waals surface area contributed by atoms with Gasteiger partial charge in [-0.2, -0.15) is 0 Å². The zero-order valence-corrected chi connectivity index (χ0v) is 24.3. The predicted molar refractivity (Wildman–Crippen MR) is 155 cm³/mol. The lowest BCUT2D eigenvalue weighted by atomic mass is 9.48. The maximum absolute atomic E-state index is 16.4. The van der Waals surface area contributed by atoms with Crippen LogP contribution in [0.25, 0.3) is 44.3 Å². The summed E-state index contributed by atoms with van der Waals surface area (Å²) in [5, 5.41) is 1.61. The molecular weight excluding hydrogens is 507 g/mol. The van der Waals surface area contributed by atoms with Crippen molar-refractivity contribution in [3.8, 4) is 22.4 Å². The second kappa shape index (κ2) is 8.22. The molecule has 0 radical (unpaired) electrons. The number of rotatable bonds is 2. The Labute approximate surface area is 233 Å². The predicted octanol–water partition coefficient (Wildman–Crippen LogP) is 9.42. The molecule has 0 N–H and O–H groups in total. The smallest absolute Gasteiger partial charge is 0.262 e. The van der Waals surface area contributed by atoms with Crippen molar-refractivity contribution in [3.05, 3.63) is 89.4 Å². The lowest BCUT2D eigenvalue weighted by molar-refractivity contribution is -0.660. The SMILES string of the molecule is Cc1ccc2c(oc3c(-c4cccc5c4C(C)(C)C(F)(F)C(C)(C)C5(C)C)c(F)ccc32)c1-c1cccc[n+]1C. The van der Waals surface area contributed by atoms with Crippen LogP contribution < -0.4 is 4.57 Å². The lowest BCUT2D eigenvalue weighted by Gasteiger charge is -2.58. The molecule has 1 aliphatic rings. The molecule has 1 aliphatic carbocycles. The monoisotopic (exact) mass is 542 g/mol. The molecule has 0 saturated heterocycles. The fourth-order valence-electron chi connectivity index (χ4n) is 6.95. The summed E-state index contributed by atoms with van der Waals surface area (Å²) < 4.78 is 57.5. The van der Waals surface area contributed by atoms with Gasteiger partial charge in [-0.1, -0.05) is 58.0 Å². The Hall–Kier alpha value is -3.60. The average Bonchev–Trinajstić information content (AvgIpc) is 3.26. The van der Waals surface area contributed by atoms with Crippen molar-refractivity contribution >= 4 is 21.9 Å². The molecular formula is C35H35F3NO+. The van der Waals surface area contributed by atoms with Gasteiger partial charge in [0.1, 0.15) is 24.0 Å². The number of halogens is 3. The van der Waals surface area contributed by atoms with Gasteiger partial charge in [-0.05, 0) is 61.2 Å². The average molecular weight is 543 g/mol. The maximum Gasteiger partial charge on any atom is 0.262 e. The molecule has 2 aromatic heterocycles. The Morgan fingerprint density at radius 1 is 0.725 bits per heavy atom. The van der Waals surface area contributed by atoms with E-state index in [1.165, 1.54) is 6.07 Å². The minimum Gasteiger partial charge on any atom is -0.454 e. The van der Waals surface area contributed by atoms with Crippen LogP contribution in [-0.4, -0.2) is 5.92 Å². The van der Waals surface area contributed by atoms with Crippen LogP contribution in [0.15, 0.2) is 71.3 Å². The lowest BCUT2D eigenvalue weighted by Crippen LogP contribution is -2.62. The van der Waals surface area contributed by atoms with E-state index in [0.717, 1.165) is 33.2 Å². The summed E-state index contributed by atoms with van der Waals surface area (Å²) in [5.41, 5.74) is 2.14. The van der Waals surface area contributed by atoms with E-state index in [-0.39, 0.29) is 5.56 Å². The van der Waals surface area contributed by atoms with Crippen LogP contribution in [-0.2, 0) is 17.9 Å². The van der Waals surface area contributed by atoms with Gasteiger partial charge in [-0.25, -0.2) is 17.7 Å². The van der Waals surface area contributed by atoms with Crippen LogP contribution in [0.5, 0.6) is 0 Å². The summed E-state index contributed by atoms with van der Waals surface area (Å²) in [5.74, 6) is -3.57. The van der Waals surface area contributed by atoms with Gasteiger partial charge in [-0.3, -0.25) is 0 Å². The van der Waals surface area contributed by atoms with E-state index in [1.807, 2.05) is 81.0 Å². The van der Waals surface area contributed by atoms with Gasteiger partial charge in [0, 0.05) is 33.7 Å². The summed E-state index contributed by atoms with van der Waals surface area (Å²) >= 11 is 0. The highest BCUT2D eigenvalue weighted by Crippen LogP contribution is 2.65. The van der Waals surface area contributed by atoms with Crippen molar-refractivity contribution in [1.29, 1.82) is 0 Å². The number of aryl methyl sites for hydroxylation is 2. The first-order chi connectivity index (χ1) is 18.6. The number of nitrogens with zero attached hydrogens (tertiary/aromatic N) is 1. The molecule has 5 aromatic rings. The number of hydrogen-bond acceptors (Lipinski definition) is 1. The Morgan fingerprint density at radius 3 is 2.05 bits per heavy atom. The minimum absolute atomic E-state index is 0.228. The summed E-state index contributed by atoms with van der Waals surface area (Å²) in [7, 11) is 1.98. The molecule has 0 aliphatic heterocycles. The van der Waals surface area contributed by atoms with Crippen molar-refractivity contribution in [2.24, 2.45) is 12.5 Å². The van der Waals surface area contributed by atoms with E-state index in [2.05, 4.69) is 0 Å². The van der Waals surface area contributed by atoms with E-state index in [9.17, 15) is 0 Å². The first-order valence-corrected chi connectivity index (χ1v) is 13.8. The van der Waals surface area contributed by atoms with Gasteiger partial charge in [0.25, 0.3) is 5.92 Å². The van der Waals surface area contributed by atoms with Crippen LogP contribution in [0.4, 0.5) is 13.2 Å². The number of pyridine rings is 1. The summed E-state index contributed by atoms with van der Waals surface area (Å²) in [6, 6.07) is 18.7. The Bertz CT molecular complexity index is 1840. The minimum atomic E-state index is -3.07. The third kappa shape index (κ3) is 3.15. The number of furan rings is 1. The topological polar surface area (TPSA) is 17.0 Å². The number of hydrogen-bond donors (Lipinski definition) is 0. The first-order valence-electron chi connectivity index (χ1n) is 13.8. The zero-order valence-electron chi connectivity index (χ0n) is 24.3. The van der Waals surface area contributed by atoms with Crippen molar-refractivity contribution in [3.63, 3.8) is 0 Å². The normalized spacial score (nSPS) is 18.7. The van der Waals surface area contributed by atoms with Crippen LogP contribution in [0, 0.1) is 18.2 Å². The van der Waals surface area contributed by atoms with Crippen LogP contribution >= 0.6 is 0 Å². The van der Waals surface area contributed by atoms with Crippen molar-refractivity contribution < 1.29 is 22.2 Å². The van der Waals surface area contributed by atoms with Gasteiger partial charge >= 0.3 is 0 Å². The highest BCUT2D eigenvalue weighted by molar-refractivity contribution is 6.13. The molecule has 0 atom stereocenters. The molecule has 40 heavy (non-hydrogen) atoms. The third-order valence-electron chi connectivity index (χ3n) is 10.0. The van der Waals surface area contributed by atoms with Crippen molar-refractivity contribution in [1.82, 2.24) is 0 Å². The van der Waals surface area contributed by atoms with E-state index in [0.29, 0.717) is 22.3 Å².